The first kappa shape index (κ1) is 15.0. The Kier molecular flexibility index (Phi) is 5.06. The number of likely N-dealkylation sites (N-methyl/N-ethyl adjacent to an activating group) is 1. The zero-order valence-corrected chi connectivity index (χ0v) is 14.8. The number of anilines is 1. The highest BCUT2D eigenvalue weighted by molar-refractivity contribution is 9.13. The van der Waals surface area contributed by atoms with Gasteiger partial charge in [0.1, 0.15) is 0 Å². The van der Waals surface area contributed by atoms with E-state index < -0.39 is 0 Å². The highest BCUT2D eigenvalue weighted by Gasteiger charge is 2.19. The largest absolute Gasteiger partial charge is 0.365 e. The Morgan fingerprint density at radius 2 is 1.89 bits per heavy atom. The molecule has 5 heteroatoms. The minimum absolute atomic E-state index is 0.190. The second-order valence-corrected chi connectivity index (χ2v) is 7.72. The summed E-state index contributed by atoms with van der Waals surface area (Å²) in [7, 11) is 2.09. The molecule has 1 unspecified atom stereocenters. The quantitative estimate of drug-likeness (QED) is 0.800. The third kappa shape index (κ3) is 3.40. The van der Waals surface area contributed by atoms with Gasteiger partial charge < -0.3 is 10.6 Å². The summed E-state index contributed by atoms with van der Waals surface area (Å²) in [6.45, 7) is 2.68. The number of thiophene rings is 1. The van der Waals surface area contributed by atoms with E-state index in [4.69, 9.17) is 5.73 Å². The SMILES string of the molecule is Cc1ccc(N(C)C(CN)c2cc(Br)c(Br)s2)cc1. The molecule has 0 aliphatic heterocycles. The summed E-state index contributed by atoms with van der Waals surface area (Å²) in [5.41, 5.74) is 8.42. The molecule has 2 aromatic rings. The van der Waals surface area contributed by atoms with Gasteiger partial charge in [0.2, 0.25) is 0 Å². The van der Waals surface area contributed by atoms with Gasteiger partial charge in [-0.15, -0.1) is 11.3 Å². The summed E-state index contributed by atoms with van der Waals surface area (Å²) in [6.07, 6.45) is 0. The standard InChI is InChI=1S/C14H16Br2N2S/c1-9-3-5-10(6-4-9)18(2)12(8-17)13-7-11(15)14(16)19-13/h3-7,12H,8,17H2,1-2H3. The average Bonchev–Trinajstić information content (AvgIpc) is 2.71. The van der Waals surface area contributed by atoms with Gasteiger partial charge in [0, 0.05) is 28.6 Å². The van der Waals surface area contributed by atoms with Crippen LogP contribution in [-0.2, 0) is 0 Å². The molecule has 0 radical (unpaired) electrons. The lowest BCUT2D eigenvalue weighted by Gasteiger charge is -2.28. The van der Waals surface area contributed by atoms with Crippen LogP contribution in [0.4, 0.5) is 5.69 Å². The number of hydrogen-bond acceptors (Lipinski definition) is 3. The van der Waals surface area contributed by atoms with Crippen molar-refractivity contribution in [2.75, 3.05) is 18.5 Å². The molecule has 1 heterocycles. The monoisotopic (exact) mass is 402 g/mol. The molecule has 0 aliphatic rings. The molecule has 0 amide bonds. The van der Waals surface area contributed by atoms with Gasteiger partial charge in [-0.2, -0.15) is 0 Å². The first-order valence-electron chi connectivity index (χ1n) is 5.97. The third-order valence-corrected chi connectivity index (χ3v) is 6.48. The highest BCUT2D eigenvalue weighted by atomic mass is 79.9. The van der Waals surface area contributed by atoms with Gasteiger partial charge >= 0.3 is 0 Å². The van der Waals surface area contributed by atoms with E-state index in [1.807, 2.05) is 0 Å². The summed E-state index contributed by atoms with van der Waals surface area (Å²) >= 11 is 8.79. The molecule has 102 valence electrons. The van der Waals surface area contributed by atoms with Crippen LogP contribution in [0.2, 0.25) is 0 Å². The van der Waals surface area contributed by atoms with Crippen LogP contribution >= 0.6 is 43.2 Å². The summed E-state index contributed by atoms with van der Waals surface area (Å²) in [4.78, 5) is 3.48. The smallest absolute Gasteiger partial charge is 0.0844 e. The van der Waals surface area contributed by atoms with Crippen LogP contribution in [0, 0.1) is 6.92 Å². The predicted octanol–water partition coefficient (Wildman–Crippen LogP) is 4.72. The number of nitrogens with two attached hydrogens (primary N) is 1. The number of halogens is 2. The van der Waals surface area contributed by atoms with Crippen LogP contribution in [0.3, 0.4) is 0 Å². The van der Waals surface area contributed by atoms with Crippen LogP contribution in [0.15, 0.2) is 38.6 Å². The van der Waals surface area contributed by atoms with Crippen molar-refractivity contribution in [3.63, 3.8) is 0 Å². The van der Waals surface area contributed by atoms with Crippen LogP contribution in [0.1, 0.15) is 16.5 Å². The Hall–Kier alpha value is -0.360. The lowest BCUT2D eigenvalue weighted by Crippen LogP contribution is -2.29. The molecule has 2 N–H and O–H groups in total. The fourth-order valence-electron chi connectivity index (χ4n) is 1.95. The fourth-order valence-corrected chi connectivity index (χ4v) is 4.20. The summed E-state index contributed by atoms with van der Waals surface area (Å²) in [5, 5.41) is 0. The topological polar surface area (TPSA) is 29.3 Å². The molecular weight excluding hydrogens is 388 g/mol. The highest BCUT2D eigenvalue weighted by Crippen LogP contribution is 2.37. The van der Waals surface area contributed by atoms with E-state index >= 15 is 0 Å². The van der Waals surface area contributed by atoms with Crippen molar-refractivity contribution in [2.45, 2.75) is 13.0 Å². The van der Waals surface area contributed by atoms with Crippen molar-refractivity contribution in [3.05, 3.63) is 49.0 Å². The lowest BCUT2D eigenvalue weighted by atomic mass is 10.1. The number of hydrogen-bond donors (Lipinski definition) is 1. The molecule has 1 aromatic carbocycles. The summed E-state index contributed by atoms with van der Waals surface area (Å²) < 4.78 is 2.20. The molecule has 0 aliphatic carbocycles. The van der Waals surface area contributed by atoms with E-state index in [1.54, 1.807) is 11.3 Å². The first-order chi connectivity index (χ1) is 9.02. The van der Waals surface area contributed by atoms with Crippen LogP contribution in [-0.4, -0.2) is 13.6 Å². The minimum Gasteiger partial charge on any atom is -0.365 e. The Morgan fingerprint density at radius 1 is 1.26 bits per heavy atom. The van der Waals surface area contributed by atoms with Crippen molar-refractivity contribution >= 4 is 48.9 Å². The zero-order valence-electron chi connectivity index (χ0n) is 10.9. The van der Waals surface area contributed by atoms with Gasteiger partial charge in [0.15, 0.2) is 0 Å². The Labute approximate surface area is 134 Å². The number of rotatable bonds is 4. The van der Waals surface area contributed by atoms with Gasteiger partial charge in [-0.1, -0.05) is 17.7 Å². The van der Waals surface area contributed by atoms with E-state index in [2.05, 4.69) is 81.1 Å². The fraction of sp³-hybridized carbons (Fsp3) is 0.286. The maximum atomic E-state index is 5.97. The molecule has 19 heavy (non-hydrogen) atoms. The second-order valence-electron chi connectivity index (χ2n) is 4.47. The van der Waals surface area contributed by atoms with Crippen molar-refractivity contribution in [1.82, 2.24) is 0 Å². The second kappa shape index (κ2) is 6.39. The Bertz CT molecular complexity index is 532. The van der Waals surface area contributed by atoms with Crippen molar-refractivity contribution in [3.8, 4) is 0 Å². The molecule has 1 atom stereocenters. The zero-order chi connectivity index (χ0) is 14.0. The van der Waals surface area contributed by atoms with Gasteiger partial charge in [-0.3, -0.25) is 0 Å². The van der Waals surface area contributed by atoms with E-state index in [0.29, 0.717) is 6.54 Å². The molecule has 2 nitrogen and oxygen atoms in total. The Morgan fingerprint density at radius 3 is 2.37 bits per heavy atom. The molecule has 0 spiro atoms. The van der Waals surface area contributed by atoms with Crippen molar-refractivity contribution in [2.24, 2.45) is 5.73 Å². The molecule has 0 saturated heterocycles. The normalized spacial score (nSPS) is 12.5. The van der Waals surface area contributed by atoms with E-state index in [1.165, 1.54) is 16.1 Å². The van der Waals surface area contributed by atoms with Gasteiger partial charge in [0.05, 0.1) is 9.83 Å². The van der Waals surface area contributed by atoms with Crippen LogP contribution in [0.25, 0.3) is 0 Å². The van der Waals surface area contributed by atoms with Crippen LogP contribution in [0.5, 0.6) is 0 Å². The Balaban J connectivity index is 2.28. The summed E-state index contributed by atoms with van der Waals surface area (Å²) in [5.74, 6) is 0. The summed E-state index contributed by atoms with van der Waals surface area (Å²) in [6, 6.07) is 10.8. The van der Waals surface area contributed by atoms with Crippen molar-refractivity contribution in [1.29, 1.82) is 0 Å². The average molecular weight is 404 g/mol. The van der Waals surface area contributed by atoms with Crippen LogP contribution < -0.4 is 10.6 Å². The molecule has 1 aromatic heterocycles. The maximum Gasteiger partial charge on any atom is 0.0844 e. The number of aryl methyl sites for hydroxylation is 1. The van der Waals surface area contributed by atoms with Gasteiger partial charge in [-0.25, -0.2) is 0 Å². The number of nitrogens with zero attached hydrogens (tertiary/aromatic N) is 1. The van der Waals surface area contributed by atoms with E-state index in [9.17, 15) is 0 Å². The first-order valence-corrected chi connectivity index (χ1v) is 8.37. The molecule has 0 saturated carbocycles. The molecule has 2 rings (SSSR count). The predicted molar refractivity (Wildman–Crippen MR) is 91.1 cm³/mol. The molecule has 0 fully saturated rings. The van der Waals surface area contributed by atoms with Gasteiger partial charge in [0.25, 0.3) is 0 Å². The third-order valence-electron chi connectivity index (χ3n) is 3.12. The van der Waals surface area contributed by atoms with Gasteiger partial charge in [-0.05, 0) is 57.0 Å². The number of benzene rings is 1. The molecular formula is C14H16Br2N2S. The van der Waals surface area contributed by atoms with E-state index in [-0.39, 0.29) is 6.04 Å². The molecule has 0 bridgehead atoms. The maximum absolute atomic E-state index is 5.97. The van der Waals surface area contributed by atoms with Crippen molar-refractivity contribution < 1.29 is 0 Å². The van der Waals surface area contributed by atoms with E-state index in [0.717, 1.165) is 8.26 Å². The minimum atomic E-state index is 0.190. The lowest BCUT2D eigenvalue weighted by molar-refractivity contribution is 0.692.